The molecule has 1 rings (SSSR count). The number of nitrogens with one attached hydrogen (secondary N) is 1. The molecule has 0 heterocycles. The van der Waals surface area contributed by atoms with E-state index in [2.05, 4.69) is 5.32 Å². The van der Waals surface area contributed by atoms with Gasteiger partial charge in [-0.05, 0) is 12.1 Å². The zero-order valence-corrected chi connectivity index (χ0v) is 7.51. The van der Waals surface area contributed by atoms with E-state index in [1.54, 1.807) is 0 Å². The summed E-state index contributed by atoms with van der Waals surface area (Å²) in [6, 6.07) is 6.28. The van der Waals surface area contributed by atoms with Crippen molar-refractivity contribution in [2.45, 2.75) is 6.18 Å². The number of ketones is 1. The SMILES string of the molecule is [2H]c1ccc(N/C=C/C(=O)C(F)(F)F)cc1. The molecule has 1 aromatic rings. The summed E-state index contributed by atoms with van der Waals surface area (Å²) in [4.78, 5) is 10.4. The van der Waals surface area contributed by atoms with E-state index in [-0.39, 0.29) is 0 Å². The first kappa shape index (κ1) is 9.76. The van der Waals surface area contributed by atoms with Crippen molar-refractivity contribution < 1.29 is 19.3 Å². The summed E-state index contributed by atoms with van der Waals surface area (Å²) in [6.45, 7) is 0. The molecule has 0 saturated heterocycles. The quantitative estimate of drug-likeness (QED) is 0.787. The summed E-state index contributed by atoms with van der Waals surface area (Å²) in [7, 11) is 0. The van der Waals surface area contributed by atoms with Crippen LogP contribution in [0.15, 0.2) is 42.6 Å². The van der Waals surface area contributed by atoms with E-state index in [0.29, 0.717) is 17.8 Å². The topological polar surface area (TPSA) is 29.1 Å². The molecule has 2 nitrogen and oxygen atoms in total. The molecule has 5 heteroatoms. The Kier molecular flexibility index (Phi) is 3.02. The lowest BCUT2D eigenvalue weighted by Crippen LogP contribution is -2.20. The van der Waals surface area contributed by atoms with Crippen LogP contribution >= 0.6 is 0 Å². The molecule has 0 aliphatic carbocycles. The number of halogens is 3. The third kappa shape index (κ3) is 3.84. The van der Waals surface area contributed by atoms with Crippen LogP contribution < -0.4 is 5.32 Å². The van der Waals surface area contributed by atoms with Crippen molar-refractivity contribution in [1.82, 2.24) is 0 Å². The lowest BCUT2D eigenvalue weighted by molar-refractivity contribution is -0.165. The van der Waals surface area contributed by atoms with Crippen LogP contribution in [0.4, 0.5) is 18.9 Å². The molecule has 15 heavy (non-hydrogen) atoms. The maximum absolute atomic E-state index is 11.8. The number of allylic oxidation sites excluding steroid dienone is 1. The summed E-state index contributed by atoms with van der Waals surface area (Å²) in [5.74, 6) is -1.92. The molecule has 0 aliphatic heterocycles. The van der Waals surface area contributed by atoms with Gasteiger partial charge in [-0.2, -0.15) is 13.2 Å². The van der Waals surface area contributed by atoms with Crippen LogP contribution in [0, 0.1) is 0 Å². The first-order chi connectivity index (χ1) is 7.39. The van der Waals surface area contributed by atoms with E-state index in [1.807, 2.05) is 0 Å². The predicted molar refractivity (Wildman–Crippen MR) is 50.3 cm³/mol. The molecule has 0 atom stereocenters. The first-order valence-corrected chi connectivity index (χ1v) is 4.00. The molecule has 0 saturated carbocycles. The third-order valence-corrected chi connectivity index (χ3v) is 1.48. The van der Waals surface area contributed by atoms with E-state index in [1.165, 1.54) is 24.3 Å². The van der Waals surface area contributed by atoms with Crippen molar-refractivity contribution in [1.29, 1.82) is 0 Å². The van der Waals surface area contributed by atoms with Gasteiger partial charge in [-0.25, -0.2) is 0 Å². The predicted octanol–water partition coefficient (Wildman–Crippen LogP) is 2.74. The third-order valence-electron chi connectivity index (χ3n) is 1.48. The summed E-state index contributed by atoms with van der Waals surface area (Å²) in [6.07, 6.45) is -3.52. The van der Waals surface area contributed by atoms with Crippen molar-refractivity contribution in [2.24, 2.45) is 0 Å². The Morgan fingerprint density at radius 2 is 2.00 bits per heavy atom. The monoisotopic (exact) mass is 216 g/mol. The van der Waals surface area contributed by atoms with Gasteiger partial charge in [0, 0.05) is 18.0 Å². The van der Waals surface area contributed by atoms with Gasteiger partial charge in [0.2, 0.25) is 0 Å². The molecule has 0 fully saturated rings. The Balaban J connectivity index is 2.55. The van der Waals surface area contributed by atoms with Crippen LogP contribution in [-0.4, -0.2) is 12.0 Å². The Labute approximate surface area is 85.8 Å². The van der Waals surface area contributed by atoms with Crippen molar-refractivity contribution in [3.8, 4) is 0 Å². The average Bonchev–Trinajstić information content (AvgIpc) is 2.19. The highest BCUT2D eigenvalue weighted by atomic mass is 19.4. The molecule has 80 valence electrons. The zero-order valence-electron chi connectivity index (χ0n) is 8.51. The van der Waals surface area contributed by atoms with Gasteiger partial charge in [0.05, 0.1) is 1.37 Å². The van der Waals surface area contributed by atoms with Gasteiger partial charge in [-0.15, -0.1) is 0 Å². The van der Waals surface area contributed by atoms with Crippen LogP contribution in [0.2, 0.25) is 0 Å². The standard InChI is InChI=1S/C10H8F3NO/c11-10(12,13)9(15)6-7-14-8-4-2-1-3-5-8/h1-7,14H/b7-6+/i1D. The van der Waals surface area contributed by atoms with Gasteiger partial charge in [0.25, 0.3) is 5.78 Å². The Morgan fingerprint density at radius 3 is 2.53 bits per heavy atom. The second-order valence-electron chi connectivity index (χ2n) is 2.63. The lowest BCUT2D eigenvalue weighted by atomic mass is 10.3. The smallest absolute Gasteiger partial charge is 0.362 e. The highest BCUT2D eigenvalue weighted by molar-refractivity contribution is 5.94. The maximum Gasteiger partial charge on any atom is 0.454 e. The minimum absolute atomic E-state index is 0.292. The molecule has 1 N–H and O–H groups in total. The summed E-state index contributed by atoms with van der Waals surface area (Å²) >= 11 is 0. The number of rotatable bonds is 3. The van der Waals surface area contributed by atoms with Gasteiger partial charge in [-0.1, -0.05) is 18.2 Å². The number of hydrogen-bond acceptors (Lipinski definition) is 2. The van der Waals surface area contributed by atoms with Crippen molar-refractivity contribution in [3.05, 3.63) is 42.6 Å². The number of benzene rings is 1. The van der Waals surface area contributed by atoms with Crippen LogP contribution in [-0.2, 0) is 4.79 Å². The fraction of sp³-hybridized carbons (Fsp3) is 0.100. The molecule has 0 aromatic heterocycles. The van der Waals surface area contributed by atoms with Gasteiger partial charge in [-0.3, -0.25) is 4.79 Å². The van der Waals surface area contributed by atoms with Crippen LogP contribution in [0.25, 0.3) is 0 Å². The fourth-order valence-corrected chi connectivity index (χ4v) is 0.791. The summed E-state index contributed by atoms with van der Waals surface area (Å²) in [5, 5.41) is 2.49. The minimum Gasteiger partial charge on any atom is -0.362 e. The largest absolute Gasteiger partial charge is 0.454 e. The fourth-order valence-electron chi connectivity index (χ4n) is 0.791. The van der Waals surface area contributed by atoms with Gasteiger partial charge < -0.3 is 5.32 Å². The number of para-hydroxylation sites is 1. The second kappa shape index (κ2) is 4.63. The minimum atomic E-state index is -4.84. The Bertz CT molecular complexity index is 398. The van der Waals surface area contributed by atoms with Gasteiger partial charge in [0.1, 0.15) is 0 Å². The molecule has 0 radical (unpaired) electrons. The molecule has 0 spiro atoms. The van der Waals surface area contributed by atoms with E-state index in [9.17, 15) is 18.0 Å². The highest BCUT2D eigenvalue weighted by Crippen LogP contribution is 2.16. The average molecular weight is 216 g/mol. The van der Waals surface area contributed by atoms with Crippen molar-refractivity contribution in [3.63, 3.8) is 0 Å². The second-order valence-corrected chi connectivity index (χ2v) is 2.63. The Morgan fingerprint density at radius 1 is 1.40 bits per heavy atom. The van der Waals surface area contributed by atoms with Crippen LogP contribution in [0.3, 0.4) is 0 Å². The molecule has 0 amide bonds. The molecular weight excluding hydrogens is 207 g/mol. The summed E-state index contributed by atoms with van der Waals surface area (Å²) in [5.41, 5.74) is 0.502. The number of hydrogen-bond donors (Lipinski definition) is 1. The molecule has 0 unspecified atom stereocenters. The number of anilines is 1. The number of alkyl halides is 3. The number of carbonyl (C=O) groups is 1. The van der Waals surface area contributed by atoms with E-state index < -0.39 is 12.0 Å². The van der Waals surface area contributed by atoms with Crippen molar-refractivity contribution >= 4 is 11.5 Å². The zero-order chi connectivity index (χ0) is 12.2. The molecule has 1 aromatic carbocycles. The molecule has 0 aliphatic rings. The maximum atomic E-state index is 11.8. The van der Waals surface area contributed by atoms with Crippen LogP contribution in [0.5, 0.6) is 0 Å². The number of carbonyl (C=O) groups excluding carboxylic acids is 1. The lowest BCUT2D eigenvalue weighted by Gasteiger charge is -2.01. The van der Waals surface area contributed by atoms with Crippen molar-refractivity contribution in [2.75, 3.05) is 5.32 Å². The molecular formula is C10H8F3NO. The highest BCUT2D eigenvalue weighted by Gasteiger charge is 2.35. The van der Waals surface area contributed by atoms with Crippen LogP contribution in [0.1, 0.15) is 1.37 Å². The van der Waals surface area contributed by atoms with E-state index >= 15 is 0 Å². The first-order valence-electron chi connectivity index (χ1n) is 4.50. The van der Waals surface area contributed by atoms with Gasteiger partial charge >= 0.3 is 6.18 Å². The normalized spacial score (nSPS) is 12.6. The summed E-state index contributed by atoms with van der Waals surface area (Å²) < 4.78 is 42.5. The Hall–Kier alpha value is -1.78. The molecule has 0 bridgehead atoms. The van der Waals surface area contributed by atoms with E-state index in [4.69, 9.17) is 1.37 Å². The van der Waals surface area contributed by atoms with Gasteiger partial charge in [0.15, 0.2) is 0 Å². The van der Waals surface area contributed by atoms with E-state index in [0.717, 1.165) is 6.20 Å².